The van der Waals surface area contributed by atoms with Gasteiger partial charge in [0.2, 0.25) is 5.91 Å². The van der Waals surface area contributed by atoms with Gasteiger partial charge in [-0.2, -0.15) is 0 Å². The highest BCUT2D eigenvalue weighted by molar-refractivity contribution is 6.31. The largest absolute Gasteiger partial charge is 0.352 e. The van der Waals surface area contributed by atoms with E-state index in [2.05, 4.69) is 5.32 Å². The average Bonchev–Trinajstić information content (AvgIpc) is 2.82. The van der Waals surface area contributed by atoms with E-state index < -0.39 is 0 Å². The molecule has 0 saturated carbocycles. The van der Waals surface area contributed by atoms with Crippen LogP contribution in [0.2, 0.25) is 5.02 Å². The minimum atomic E-state index is -0.0574. The molecule has 0 atom stereocenters. The fourth-order valence-electron chi connectivity index (χ4n) is 2.44. The van der Waals surface area contributed by atoms with E-state index in [1.54, 1.807) is 29.0 Å². The molecular weight excluding hydrogens is 288 g/mol. The molecule has 2 rings (SSSR count). The number of rotatable bonds is 6. The molecule has 1 aromatic carbocycles. The number of aromatic nitrogens is 1. The Labute approximate surface area is 129 Å². The van der Waals surface area contributed by atoms with E-state index in [1.165, 1.54) is 0 Å². The van der Waals surface area contributed by atoms with Crippen molar-refractivity contribution in [3.05, 3.63) is 35.0 Å². The number of amides is 1. The number of benzene rings is 1. The fraction of sp³-hybridized carbons (Fsp3) is 0.375. The van der Waals surface area contributed by atoms with Crippen molar-refractivity contribution < 1.29 is 9.59 Å². The summed E-state index contributed by atoms with van der Waals surface area (Å²) in [6.07, 6.45) is 4.30. The van der Waals surface area contributed by atoms with Crippen LogP contribution in [-0.4, -0.2) is 22.8 Å². The van der Waals surface area contributed by atoms with Crippen LogP contribution in [0.4, 0.5) is 0 Å². The molecule has 1 amide bonds. The standard InChI is InChI=1S/C16H19ClN2O2/c1-3-13(4-2)18-16(21)9-19-8-11(10-20)14-6-5-12(17)7-15(14)19/h5-8,10,13H,3-4,9H2,1-2H3,(H,18,21). The zero-order valence-corrected chi connectivity index (χ0v) is 13.0. The van der Waals surface area contributed by atoms with Gasteiger partial charge in [0.25, 0.3) is 0 Å². The van der Waals surface area contributed by atoms with Gasteiger partial charge in [0.15, 0.2) is 6.29 Å². The summed E-state index contributed by atoms with van der Waals surface area (Å²) in [5.41, 5.74) is 1.36. The van der Waals surface area contributed by atoms with E-state index in [4.69, 9.17) is 11.6 Å². The normalized spacial score (nSPS) is 11.0. The smallest absolute Gasteiger partial charge is 0.240 e. The lowest BCUT2D eigenvalue weighted by Crippen LogP contribution is -2.36. The van der Waals surface area contributed by atoms with Crippen molar-refractivity contribution in [2.24, 2.45) is 0 Å². The minimum absolute atomic E-state index is 0.0574. The highest BCUT2D eigenvalue weighted by Gasteiger charge is 2.13. The SMILES string of the molecule is CCC(CC)NC(=O)Cn1cc(C=O)c2ccc(Cl)cc21. The van der Waals surface area contributed by atoms with Gasteiger partial charge in [0.1, 0.15) is 6.54 Å². The van der Waals surface area contributed by atoms with E-state index in [0.717, 1.165) is 30.0 Å². The van der Waals surface area contributed by atoms with Gasteiger partial charge in [-0.3, -0.25) is 9.59 Å². The van der Waals surface area contributed by atoms with Gasteiger partial charge in [0, 0.05) is 28.2 Å². The molecule has 0 aliphatic heterocycles. The van der Waals surface area contributed by atoms with E-state index in [1.807, 2.05) is 13.8 Å². The molecule has 0 aliphatic rings. The van der Waals surface area contributed by atoms with Crippen molar-refractivity contribution in [1.82, 2.24) is 9.88 Å². The lowest BCUT2D eigenvalue weighted by atomic mass is 10.2. The zero-order chi connectivity index (χ0) is 15.4. The first-order valence-corrected chi connectivity index (χ1v) is 7.49. The Morgan fingerprint density at radius 3 is 2.71 bits per heavy atom. The average molecular weight is 307 g/mol. The Hall–Kier alpha value is -1.81. The third kappa shape index (κ3) is 3.45. The predicted octanol–water partition coefficient (Wildman–Crippen LogP) is 3.41. The lowest BCUT2D eigenvalue weighted by molar-refractivity contribution is -0.122. The summed E-state index contributed by atoms with van der Waals surface area (Å²) in [6, 6.07) is 5.50. The second-order valence-electron chi connectivity index (χ2n) is 5.07. The number of nitrogens with zero attached hydrogens (tertiary/aromatic N) is 1. The number of aldehydes is 1. The van der Waals surface area contributed by atoms with Gasteiger partial charge < -0.3 is 9.88 Å². The molecule has 4 nitrogen and oxygen atoms in total. The van der Waals surface area contributed by atoms with Crippen LogP contribution in [0.1, 0.15) is 37.0 Å². The van der Waals surface area contributed by atoms with Gasteiger partial charge in [-0.1, -0.05) is 31.5 Å². The Bertz CT molecular complexity index is 660. The Morgan fingerprint density at radius 2 is 2.10 bits per heavy atom. The van der Waals surface area contributed by atoms with E-state index in [0.29, 0.717) is 10.6 Å². The first kappa shape index (κ1) is 15.6. The molecule has 1 N–H and O–H groups in total. The maximum Gasteiger partial charge on any atom is 0.240 e. The molecule has 0 unspecified atom stereocenters. The first-order chi connectivity index (χ1) is 10.1. The van der Waals surface area contributed by atoms with Crippen LogP contribution in [-0.2, 0) is 11.3 Å². The second kappa shape index (κ2) is 6.76. The minimum Gasteiger partial charge on any atom is -0.352 e. The van der Waals surface area contributed by atoms with Gasteiger partial charge in [-0.05, 0) is 25.0 Å². The van der Waals surface area contributed by atoms with Crippen LogP contribution >= 0.6 is 11.6 Å². The molecule has 1 aromatic heterocycles. The van der Waals surface area contributed by atoms with Crippen LogP contribution in [0, 0.1) is 0 Å². The summed E-state index contributed by atoms with van der Waals surface area (Å²) in [4.78, 5) is 23.2. The highest BCUT2D eigenvalue weighted by Crippen LogP contribution is 2.23. The summed E-state index contributed by atoms with van der Waals surface area (Å²) in [7, 11) is 0. The predicted molar refractivity (Wildman–Crippen MR) is 84.8 cm³/mol. The molecule has 0 aliphatic carbocycles. The van der Waals surface area contributed by atoms with Crippen LogP contribution in [0.25, 0.3) is 10.9 Å². The third-order valence-electron chi connectivity index (χ3n) is 3.67. The second-order valence-corrected chi connectivity index (χ2v) is 5.51. The highest BCUT2D eigenvalue weighted by atomic mass is 35.5. The Balaban J connectivity index is 2.27. The van der Waals surface area contributed by atoms with Gasteiger partial charge in [-0.15, -0.1) is 0 Å². The molecule has 2 aromatic rings. The van der Waals surface area contributed by atoms with Crippen molar-refractivity contribution in [3.8, 4) is 0 Å². The van der Waals surface area contributed by atoms with Crippen molar-refractivity contribution >= 4 is 34.7 Å². The van der Waals surface area contributed by atoms with Crippen molar-refractivity contribution in [2.75, 3.05) is 0 Å². The Kier molecular flexibility index (Phi) is 5.02. The molecule has 0 radical (unpaired) electrons. The maximum absolute atomic E-state index is 12.1. The number of fused-ring (bicyclic) bond motifs is 1. The number of carbonyl (C=O) groups excluding carboxylic acids is 2. The Morgan fingerprint density at radius 1 is 1.38 bits per heavy atom. The van der Waals surface area contributed by atoms with Crippen LogP contribution in [0.15, 0.2) is 24.4 Å². The van der Waals surface area contributed by atoms with E-state index in [9.17, 15) is 9.59 Å². The molecule has 0 bridgehead atoms. The number of nitrogens with one attached hydrogen (secondary N) is 1. The van der Waals surface area contributed by atoms with E-state index >= 15 is 0 Å². The summed E-state index contributed by atoms with van der Waals surface area (Å²) < 4.78 is 1.77. The van der Waals surface area contributed by atoms with Crippen molar-refractivity contribution in [2.45, 2.75) is 39.3 Å². The molecule has 112 valence electrons. The molecule has 1 heterocycles. The fourth-order valence-corrected chi connectivity index (χ4v) is 2.61. The molecule has 0 saturated heterocycles. The van der Waals surface area contributed by atoms with Gasteiger partial charge in [0.05, 0.1) is 5.52 Å². The van der Waals surface area contributed by atoms with Crippen LogP contribution in [0.3, 0.4) is 0 Å². The number of hydrogen-bond acceptors (Lipinski definition) is 2. The summed E-state index contributed by atoms with van der Waals surface area (Å²) in [5.74, 6) is -0.0574. The number of hydrogen-bond donors (Lipinski definition) is 1. The maximum atomic E-state index is 12.1. The van der Waals surface area contributed by atoms with Gasteiger partial charge in [-0.25, -0.2) is 0 Å². The first-order valence-electron chi connectivity index (χ1n) is 7.12. The molecular formula is C16H19ClN2O2. The van der Waals surface area contributed by atoms with Crippen LogP contribution in [0.5, 0.6) is 0 Å². The number of carbonyl (C=O) groups is 2. The zero-order valence-electron chi connectivity index (χ0n) is 12.2. The summed E-state index contributed by atoms with van der Waals surface area (Å²) >= 11 is 6.01. The number of halogens is 1. The molecule has 21 heavy (non-hydrogen) atoms. The monoisotopic (exact) mass is 306 g/mol. The lowest BCUT2D eigenvalue weighted by Gasteiger charge is -2.15. The summed E-state index contributed by atoms with van der Waals surface area (Å²) in [6.45, 7) is 4.27. The van der Waals surface area contributed by atoms with Crippen molar-refractivity contribution in [1.29, 1.82) is 0 Å². The van der Waals surface area contributed by atoms with Gasteiger partial charge >= 0.3 is 0 Å². The third-order valence-corrected chi connectivity index (χ3v) is 3.90. The van der Waals surface area contributed by atoms with Crippen molar-refractivity contribution in [3.63, 3.8) is 0 Å². The molecule has 5 heteroatoms. The summed E-state index contributed by atoms with van der Waals surface area (Å²) in [5, 5.41) is 4.38. The van der Waals surface area contributed by atoms with Crippen LogP contribution < -0.4 is 5.32 Å². The molecule has 0 spiro atoms. The van der Waals surface area contributed by atoms with E-state index in [-0.39, 0.29) is 18.5 Å². The molecule has 0 fully saturated rings. The topological polar surface area (TPSA) is 51.1 Å². The quantitative estimate of drug-likeness (QED) is 0.831.